The molecule has 0 saturated carbocycles. The average molecular weight is 627 g/mol. The molecule has 0 aromatic heterocycles. The lowest BCUT2D eigenvalue weighted by Gasteiger charge is -2.19. The van der Waals surface area contributed by atoms with E-state index in [1.165, 1.54) is 12.8 Å². The third-order valence-corrected chi connectivity index (χ3v) is 4.64. The van der Waals surface area contributed by atoms with Crippen LogP contribution in [0.4, 0.5) is 0 Å². The van der Waals surface area contributed by atoms with E-state index in [-0.39, 0.29) is 31.4 Å². The van der Waals surface area contributed by atoms with Crippen LogP contribution in [0.2, 0.25) is 0 Å². The summed E-state index contributed by atoms with van der Waals surface area (Å²) in [5.41, 5.74) is -0.882. The van der Waals surface area contributed by atoms with Crippen LogP contribution in [0.5, 0.6) is 0 Å². The van der Waals surface area contributed by atoms with Crippen LogP contribution in [0.25, 0.3) is 0 Å². The van der Waals surface area contributed by atoms with E-state index in [4.69, 9.17) is 47.7 Å². The molecule has 0 radical (unpaired) electrons. The lowest BCUT2D eigenvalue weighted by atomic mass is 10.2. The molecule has 12 heteroatoms. The Morgan fingerprint density at radius 3 is 1.16 bits per heavy atom. The summed E-state index contributed by atoms with van der Waals surface area (Å²) in [5.74, 6) is -0.493. The van der Waals surface area contributed by atoms with E-state index in [1.807, 2.05) is 41.5 Å². The summed E-state index contributed by atoms with van der Waals surface area (Å²) in [7, 11) is 0. The molecule has 0 spiro atoms. The summed E-state index contributed by atoms with van der Waals surface area (Å²) in [4.78, 5) is 22.7. The number of aliphatic hydroxyl groups is 1. The van der Waals surface area contributed by atoms with Crippen LogP contribution in [0, 0.1) is 0 Å². The fourth-order valence-electron chi connectivity index (χ4n) is 2.90. The molecule has 12 nitrogen and oxygen atoms in total. The highest BCUT2D eigenvalue weighted by molar-refractivity contribution is 5.70. The predicted octanol–water partition coefficient (Wildman–Crippen LogP) is 3.74. The van der Waals surface area contributed by atoms with Crippen molar-refractivity contribution in [1.29, 1.82) is 0 Å². The topological polar surface area (TPSA) is 137 Å². The number of hydrogen-bond acceptors (Lipinski definition) is 12. The maximum atomic E-state index is 11.3. The van der Waals surface area contributed by atoms with Crippen molar-refractivity contribution in [3.8, 4) is 0 Å². The Morgan fingerprint density at radius 2 is 0.884 bits per heavy atom. The van der Waals surface area contributed by atoms with Crippen LogP contribution in [0.1, 0.15) is 80.6 Å². The largest absolute Gasteiger partial charge is 0.460 e. The zero-order valence-corrected chi connectivity index (χ0v) is 28.1. The van der Waals surface area contributed by atoms with Gasteiger partial charge in [-0.1, -0.05) is 6.92 Å². The normalized spacial score (nSPS) is 13.0. The molecular formula is C31H62O12. The molecule has 0 unspecified atom stereocenters. The molecule has 0 aromatic carbocycles. The number of aliphatic hydroxyl groups excluding tert-OH is 1. The zero-order chi connectivity index (χ0) is 32.7. The van der Waals surface area contributed by atoms with Gasteiger partial charge in [-0.15, -0.1) is 0 Å². The second-order valence-corrected chi connectivity index (χ2v) is 11.4. The van der Waals surface area contributed by atoms with Gasteiger partial charge in [0.1, 0.15) is 11.2 Å². The van der Waals surface area contributed by atoms with Crippen LogP contribution < -0.4 is 0 Å². The highest BCUT2D eigenvalue weighted by Gasteiger charge is 2.16. The van der Waals surface area contributed by atoms with E-state index in [0.717, 1.165) is 26.2 Å². The van der Waals surface area contributed by atoms with Gasteiger partial charge in [0.25, 0.3) is 0 Å². The maximum absolute atomic E-state index is 11.3. The Hall–Kier alpha value is -1.38. The third-order valence-electron chi connectivity index (χ3n) is 4.64. The van der Waals surface area contributed by atoms with Gasteiger partial charge in [0, 0.05) is 19.8 Å². The van der Waals surface area contributed by atoms with Crippen molar-refractivity contribution in [2.24, 2.45) is 0 Å². The Balaban J connectivity index is 0. The summed E-state index contributed by atoms with van der Waals surface area (Å²) < 4.78 is 46.5. The molecule has 1 fully saturated rings. The molecule has 1 N–H and O–H groups in total. The Morgan fingerprint density at radius 1 is 0.558 bits per heavy atom. The van der Waals surface area contributed by atoms with Gasteiger partial charge < -0.3 is 47.7 Å². The molecule has 0 bridgehead atoms. The SMILES string of the molecule is C1CCOC1.CC(C)(C)OC(=O)CCOCCOCCOCCO.CCCOCCOCCOCCC(=O)OC(C)(C)C. The summed E-state index contributed by atoms with van der Waals surface area (Å²) in [6.07, 6.45) is 4.10. The monoisotopic (exact) mass is 626 g/mol. The molecule has 258 valence electrons. The number of esters is 2. The minimum atomic E-state index is -0.450. The quantitative estimate of drug-likeness (QED) is 0.138. The van der Waals surface area contributed by atoms with Crippen LogP contribution in [-0.2, 0) is 52.2 Å². The highest BCUT2D eigenvalue weighted by Crippen LogP contribution is 2.08. The predicted molar refractivity (Wildman–Crippen MR) is 163 cm³/mol. The molecular weight excluding hydrogens is 564 g/mol. The molecule has 1 aliphatic heterocycles. The van der Waals surface area contributed by atoms with Gasteiger partial charge in [-0.3, -0.25) is 9.59 Å². The van der Waals surface area contributed by atoms with E-state index < -0.39 is 11.2 Å². The second kappa shape index (κ2) is 30.6. The van der Waals surface area contributed by atoms with E-state index in [9.17, 15) is 9.59 Å². The molecule has 1 saturated heterocycles. The Bertz CT molecular complexity index is 557. The summed E-state index contributed by atoms with van der Waals surface area (Å²) in [6.45, 7) is 20.9. The Labute approximate surface area is 260 Å². The van der Waals surface area contributed by atoms with Crippen molar-refractivity contribution >= 4 is 11.9 Å². The van der Waals surface area contributed by atoms with Crippen molar-refractivity contribution in [1.82, 2.24) is 0 Å². The van der Waals surface area contributed by atoms with Crippen LogP contribution in [-0.4, -0.2) is 127 Å². The standard InChI is InChI=1S/C14H28O5.C13H26O6.C4H8O/c1-5-7-16-9-11-18-12-10-17-8-6-13(15)19-14(2,3)4;1-13(2,3)19-12(15)4-6-16-8-10-18-11-9-17-7-5-14;1-2-4-5-3-1/h5-12H2,1-4H3;14H,4-11H2,1-3H3;1-4H2. The second-order valence-electron chi connectivity index (χ2n) is 11.4. The fraction of sp³-hybridized carbons (Fsp3) is 0.935. The van der Waals surface area contributed by atoms with E-state index in [2.05, 4.69) is 6.92 Å². The lowest BCUT2D eigenvalue weighted by Crippen LogP contribution is -2.24. The first-order valence-corrected chi connectivity index (χ1v) is 15.5. The number of ether oxygens (including phenoxy) is 9. The highest BCUT2D eigenvalue weighted by atomic mass is 16.6. The molecule has 0 aliphatic carbocycles. The number of carbonyl (C=O) groups excluding carboxylic acids is 2. The first kappa shape index (κ1) is 43.7. The molecule has 0 amide bonds. The minimum absolute atomic E-state index is 0.0216. The Kier molecular flexibility index (Phi) is 31.2. The van der Waals surface area contributed by atoms with Crippen molar-refractivity contribution in [3.63, 3.8) is 0 Å². The summed E-state index contributed by atoms with van der Waals surface area (Å²) in [6, 6.07) is 0. The smallest absolute Gasteiger partial charge is 0.308 e. The van der Waals surface area contributed by atoms with Gasteiger partial charge in [-0.25, -0.2) is 0 Å². The average Bonchev–Trinajstić information content (AvgIpc) is 3.50. The van der Waals surface area contributed by atoms with Gasteiger partial charge in [0.15, 0.2) is 0 Å². The van der Waals surface area contributed by atoms with E-state index in [0.29, 0.717) is 72.7 Å². The van der Waals surface area contributed by atoms with Gasteiger partial charge in [0.2, 0.25) is 0 Å². The first-order chi connectivity index (χ1) is 20.4. The molecule has 1 heterocycles. The van der Waals surface area contributed by atoms with Crippen molar-refractivity contribution in [3.05, 3.63) is 0 Å². The van der Waals surface area contributed by atoms with Crippen LogP contribution >= 0.6 is 0 Å². The van der Waals surface area contributed by atoms with Gasteiger partial charge >= 0.3 is 11.9 Å². The summed E-state index contributed by atoms with van der Waals surface area (Å²) in [5, 5.41) is 8.46. The van der Waals surface area contributed by atoms with Gasteiger partial charge in [0.05, 0.1) is 92.1 Å². The first-order valence-electron chi connectivity index (χ1n) is 15.5. The summed E-state index contributed by atoms with van der Waals surface area (Å²) >= 11 is 0. The minimum Gasteiger partial charge on any atom is -0.460 e. The number of rotatable bonds is 22. The molecule has 0 aromatic rings. The molecule has 1 aliphatic rings. The van der Waals surface area contributed by atoms with Crippen LogP contribution in [0.3, 0.4) is 0 Å². The zero-order valence-electron chi connectivity index (χ0n) is 28.1. The number of hydrogen-bond donors (Lipinski definition) is 1. The van der Waals surface area contributed by atoms with E-state index in [1.54, 1.807) is 0 Å². The third kappa shape index (κ3) is 42.8. The van der Waals surface area contributed by atoms with Crippen molar-refractivity contribution in [2.75, 3.05) is 99.1 Å². The van der Waals surface area contributed by atoms with Crippen molar-refractivity contribution in [2.45, 2.75) is 91.8 Å². The van der Waals surface area contributed by atoms with Gasteiger partial charge in [-0.05, 0) is 60.8 Å². The van der Waals surface area contributed by atoms with Crippen LogP contribution in [0.15, 0.2) is 0 Å². The number of carbonyl (C=O) groups is 2. The van der Waals surface area contributed by atoms with Crippen molar-refractivity contribution < 1.29 is 57.3 Å². The van der Waals surface area contributed by atoms with E-state index >= 15 is 0 Å². The fourth-order valence-corrected chi connectivity index (χ4v) is 2.90. The molecule has 0 atom stereocenters. The molecule has 1 rings (SSSR count). The van der Waals surface area contributed by atoms with Gasteiger partial charge in [-0.2, -0.15) is 0 Å². The maximum Gasteiger partial charge on any atom is 0.308 e. The lowest BCUT2D eigenvalue weighted by molar-refractivity contribution is -0.157. The molecule has 43 heavy (non-hydrogen) atoms.